The second-order valence-corrected chi connectivity index (χ2v) is 20.9. The lowest BCUT2D eigenvalue weighted by Gasteiger charge is -2.20. The van der Waals surface area contributed by atoms with Crippen molar-refractivity contribution in [2.24, 2.45) is 0 Å². The number of aryl methyl sites for hydroxylation is 1. The number of rotatable bonds is 15. The Labute approximate surface area is 272 Å². The molecule has 1 aliphatic rings. The summed E-state index contributed by atoms with van der Waals surface area (Å²) in [4.78, 5) is 4.97. The fraction of sp³-hybridized carbons (Fsp3) is 0.441. The van der Waals surface area contributed by atoms with Crippen LogP contribution in [-0.2, 0) is 30.5 Å². The first kappa shape index (κ1) is 33.9. The number of nitrogens with zero attached hydrogens (tertiary/aromatic N) is 2. The third-order valence-electron chi connectivity index (χ3n) is 8.24. The molecule has 0 saturated heterocycles. The van der Waals surface area contributed by atoms with E-state index in [-0.39, 0.29) is 32.0 Å². The molecule has 2 aromatic carbocycles. The lowest BCUT2D eigenvalue weighted by atomic mass is 9.95. The van der Waals surface area contributed by atoms with Crippen LogP contribution in [0.15, 0.2) is 54.6 Å². The van der Waals surface area contributed by atoms with Crippen LogP contribution in [0.2, 0.25) is 30.7 Å². The third-order valence-corrected chi connectivity index (χ3v) is 12.5. The minimum Gasteiger partial charge on any atom is -0.441 e. The molecule has 0 bridgehead atoms. The highest BCUT2D eigenvalue weighted by Gasteiger charge is 2.43. The molecule has 0 spiro atoms. The molecule has 8 nitrogen and oxygen atoms in total. The summed E-state index contributed by atoms with van der Waals surface area (Å²) < 4.78 is 39.4. The van der Waals surface area contributed by atoms with Crippen LogP contribution in [0.5, 0.6) is 11.6 Å². The highest BCUT2D eigenvalue weighted by Crippen LogP contribution is 2.49. The standard InChI is InChI=1S/C34H44ClN2O6PSi/c1-7-41-44(39,42-8-2)31-19-27(14-9-24(31)3)43-32-21-29-30(37(32)23-40-17-18-45(4,5)6)20-28(35)33(36-29)25-10-12-26(13-11-25)34(22-38)15-16-34/h9-14,19-21,38H,7-8,15-18,22-23H2,1-6H3. The summed E-state index contributed by atoms with van der Waals surface area (Å²) in [5.41, 5.74) is 4.87. The molecule has 0 amide bonds. The van der Waals surface area contributed by atoms with Crippen LogP contribution in [0, 0.1) is 6.92 Å². The van der Waals surface area contributed by atoms with Gasteiger partial charge in [0.1, 0.15) is 12.5 Å². The number of ether oxygens (including phenoxy) is 2. The van der Waals surface area contributed by atoms with Crippen LogP contribution in [0.25, 0.3) is 22.3 Å². The van der Waals surface area contributed by atoms with Crippen molar-refractivity contribution in [1.29, 1.82) is 0 Å². The number of benzene rings is 2. The number of pyridine rings is 1. The predicted octanol–water partition coefficient (Wildman–Crippen LogP) is 8.69. The quantitative estimate of drug-likeness (QED) is 0.0769. The van der Waals surface area contributed by atoms with Crippen molar-refractivity contribution in [3.8, 4) is 22.9 Å². The van der Waals surface area contributed by atoms with Gasteiger partial charge in [0.25, 0.3) is 0 Å². The third kappa shape index (κ3) is 7.57. The number of aliphatic hydroxyl groups excluding tert-OH is 1. The van der Waals surface area contributed by atoms with Gasteiger partial charge in [0.15, 0.2) is 0 Å². The Hall–Kier alpha value is -2.49. The molecule has 4 aromatic rings. The molecule has 1 fully saturated rings. The molecule has 1 N–H and O–H groups in total. The first-order valence-electron chi connectivity index (χ1n) is 15.6. The van der Waals surface area contributed by atoms with Gasteiger partial charge in [0.05, 0.1) is 46.9 Å². The van der Waals surface area contributed by atoms with E-state index in [0.717, 1.165) is 41.1 Å². The molecule has 45 heavy (non-hydrogen) atoms. The van der Waals surface area contributed by atoms with E-state index >= 15 is 0 Å². The van der Waals surface area contributed by atoms with Gasteiger partial charge in [-0.05, 0) is 69.0 Å². The van der Waals surface area contributed by atoms with Crippen molar-refractivity contribution >= 4 is 43.6 Å². The number of aromatic nitrogens is 2. The largest absolute Gasteiger partial charge is 0.441 e. The summed E-state index contributed by atoms with van der Waals surface area (Å²) in [6, 6.07) is 18.4. The van der Waals surface area contributed by atoms with Crippen LogP contribution >= 0.6 is 19.2 Å². The Balaban J connectivity index is 1.51. The van der Waals surface area contributed by atoms with Crippen LogP contribution in [0.4, 0.5) is 0 Å². The molecule has 1 aliphatic carbocycles. The Kier molecular flexibility index (Phi) is 10.3. The molecule has 2 aromatic heterocycles. The average molecular weight is 671 g/mol. The number of fused-ring (bicyclic) bond motifs is 1. The van der Waals surface area contributed by atoms with Gasteiger partial charge < -0.3 is 23.6 Å². The first-order valence-corrected chi connectivity index (χ1v) is 21.2. The van der Waals surface area contributed by atoms with E-state index in [1.54, 1.807) is 19.9 Å². The lowest BCUT2D eigenvalue weighted by molar-refractivity contribution is 0.0858. The van der Waals surface area contributed by atoms with Gasteiger partial charge in [-0.25, -0.2) is 4.98 Å². The van der Waals surface area contributed by atoms with E-state index in [9.17, 15) is 9.67 Å². The second kappa shape index (κ2) is 13.7. The molecule has 2 heterocycles. The van der Waals surface area contributed by atoms with E-state index in [4.69, 9.17) is 35.1 Å². The molecular formula is C34H44ClN2O6PSi. The zero-order valence-corrected chi connectivity index (χ0v) is 29.7. The number of hydrogen-bond donors (Lipinski definition) is 1. The van der Waals surface area contributed by atoms with Crippen molar-refractivity contribution < 1.29 is 28.2 Å². The number of hydrogen-bond acceptors (Lipinski definition) is 7. The smallest absolute Gasteiger partial charge is 0.361 e. The van der Waals surface area contributed by atoms with Crippen LogP contribution < -0.4 is 10.0 Å². The number of aliphatic hydroxyl groups is 1. The highest BCUT2D eigenvalue weighted by molar-refractivity contribution is 7.62. The SMILES string of the molecule is CCOP(=O)(OCC)c1cc(Oc2cc3nc(-c4ccc(C5(CO)CC5)cc4)c(Cl)cc3n2COCC[Si](C)(C)C)ccc1C. The summed E-state index contributed by atoms with van der Waals surface area (Å²) in [6.07, 6.45) is 2.00. The molecule has 0 aliphatic heterocycles. The van der Waals surface area contributed by atoms with Gasteiger partial charge >= 0.3 is 7.60 Å². The van der Waals surface area contributed by atoms with Crippen LogP contribution in [0.1, 0.15) is 37.8 Å². The number of halogens is 1. The van der Waals surface area contributed by atoms with E-state index in [1.807, 2.05) is 47.9 Å². The molecule has 0 radical (unpaired) electrons. The zero-order chi connectivity index (χ0) is 32.4. The molecule has 11 heteroatoms. The predicted molar refractivity (Wildman–Crippen MR) is 184 cm³/mol. The van der Waals surface area contributed by atoms with Crippen LogP contribution in [-0.4, -0.2) is 49.2 Å². The topological polar surface area (TPSA) is 92.0 Å². The van der Waals surface area contributed by atoms with E-state index in [1.165, 1.54) is 0 Å². The Morgan fingerprint density at radius 3 is 2.31 bits per heavy atom. The Morgan fingerprint density at radius 2 is 1.71 bits per heavy atom. The minimum absolute atomic E-state index is 0.104. The molecular weight excluding hydrogens is 627 g/mol. The Bertz CT molecular complexity index is 1690. The monoisotopic (exact) mass is 670 g/mol. The van der Waals surface area contributed by atoms with E-state index < -0.39 is 15.7 Å². The lowest BCUT2D eigenvalue weighted by Crippen LogP contribution is -2.22. The molecule has 242 valence electrons. The summed E-state index contributed by atoms with van der Waals surface area (Å²) in [6.45, 7) is 14.0. The first-order chi connectivity index (χ1) is 21.4. The minimum atomic E-state index is -3.53. The Morgan fingerprint density at radius 1 is 1.02 bits per heavy atom. The maximum atomic E-state index is 13.7. The summed E-state index contributed by atoms with van der Waals surface area (Å²) >= 11 is 6.87. The van der Waals surface area contributed by atoms with Gasteiger partial charge in [-0.3, -0.25) is 9.13 Å². The van der Waals surface area contributed by atoms with Gasteiger partial charge in [-0.1, -0.05) is 61.6 Å². The van der Waals surface area contributed by atoms with Crippen molar-refractivity contribution in [3.63, 3.8) is 0 Å². The van der Waals surface area contributed by atoms with Gasteiger partial charge in [0.2, 0.25) is 5.88 Å². The normalized spacial score (nSPS) is 14.7. The molecule has 0 atom stereocenters. The van der Waals surface area contributed by atoms with Crippen molar-refractivity contribution in [3.05, 3.63) is 70.7 Å². The average Bonchev–Trinajstić information content (AvgIpc) is 3.73. The highest BCUT2D eigenvalue weighted by atomic mass is 35.5. The van der Waals surface area contributed by atoms with Crippen LogP contribution in [0.3, 0.4) is 0 Å². The summed E-state index contributed by atoms with van der Waals surface area (Å²) in [5.74, 6) is 1.01. The summed E-state index contributed by atoms with van der Waals surface area (Å²) in [5, 5.41) is 10.8. The molecule has 1 saturated carbocycles. The second-order valence-electron chi connectivity index (χ2n) is 12.9. The maximum absolute atomic E-state index is 13.7. The van der Waals surface area contributed by atoms with Crippen molar-refractivity contribution in [2.45, 2.75) is 71.4 Å². The summed E-state index contributed by atoms with van der Waals surface area (Å²) in [7, 11) is -4.81. The van der Waals surface area contributed by atoms with Gasteiger partial charge in [-0.2, -0.15) is 0 Å². The van der Waals surface area contributed by atoms with Crippen molar-refractivity contribution in [1.82, 2.24) is 9.55 Å². The van der Waals surface area contributed by atoms with Crippen molar-refractivity contribution in [2.75, 3.05) is 26.4 Å². The fourth-order valence-corrected chi connectivity index (χ4v) is 8.18. The van der Waals surface area contributed by atoms with Gasteiger partial charge in [0, 0.05) is 31.7 Å². The van der Waals surface area contributed by atoms with Gasteiger partial charge in [-0.15, -0.1) is 0 Å². The van der Waals surface area contributed by atoms with E-state index in [0.29, 0.717) is 39.8 Å². The molecule has 5 rings (SSSR count). The maximum Gasteiger partial charge on any atom is 0.361 e. The fourth-order valence-electron chi connectivity index (χ4n) is 5.34. The molecule has 0 unspecified atom stereocenters. The van der Waals surface area contributed by atoms with E-state index in [2.05, 4.69) is 31.8 Å². The zero-order valence-electron chi connectivity index (χ0n) is 27.1.